The molecule has 1 aliphatic rings. The van der Waals surface area contributed by atoms with Crippen LogP contribution in [-0.2, 0) is 12.4 Å². The zero-order chi connectivity index (χ0) is 13.7. The van der Waals surface area contributed by atoms with E-state index in [9.17, 15) is 0 Å². The van der Waals surface area contributed by atoms with Crippen LogP contribution >= 0.6 is 11.6 Å². The first-order chi connectivity index (χ1) is 9.30. The number of unbranched alkanes of at least 4 members (excludes halogenated alkanes) is 1. The van der Waals surface area contributed by atoms with Gasteiger partial charge in [-0.15, -0.1) is 21.8 Å². The molecule has 2 rings (SSSR count). The van der Waals surface area contributed by atoms with E-state index in [1.807, 2.05) is 0 Å². The van der Waals surface area contributed by atoms with Crippen LogP contribution in [0.2, 0.25) is 0 Å². The van der Waals surface area contributed by atoms with Crippen molar-refractivity contribution in [1.29, 1.82) is 0 Å². The highest BCUT2D eigenvalue weighted by Crippen LogP contribution is 2.37. The second-order valence-electron chi connectivity index (χ2n) is 5.71. The van der Waals surface area contributed by atoms with Gasteiger partial charge < -0.3 is 4.57 Å². The molecule has 0 aromatic carbocycles. The monoisotopic (exact) mass is 283 g/mol. The Kier molecular flexibility index (Phi) is 5.68. The fourth-order valence-corrected chi connectivity index (χ4v) is 3.49. The molecule has 4 heteroatoms. The van der Waals surface area contributed by atoms with Crippen LogP contribution in [0.25, 0.3) is 0 Å². The zero-order valence-electron chi connectivity index (χ0n) is 12.2. The van der Waals surface area contributed by atoms with E-state index in [1.54, 1.807) is 0 Å². The SMILES string of the molecule is CCCCC1CCC(c2nnc(CCl)n2CC)CC1. The number of hydrogen-bond donors (Lipinski definition) is 0. The fraction of sp³-hybridized carbons (Fsp3) is 0.867. The van der Waals surface area contributed by atoms with Crippen molar-refractivity contribution in [2.24, 2.45) is 5.92 Å². The lowest BCUT2D eigenvalue weighted by Crippen LogP contribution is -2.17. The highest BCUT2D eigenvalue weighted by Gasteiger charge is 2.26. The lowest BCUT2D eigenvalue weighted by Gasteiger charge is -2.28. The van der Waals surface area contributed by atoms with Gasteiger partial charge in [0.2, 0.25) is 0 Å². The van der Waals surface area contributed by atoms with E-state index in [4.69, 9.17) is 11.6 Å². The topological polar surface area (TPSA) is 30.7 Å². The third-order valence-corrected chi connectivity index (χ3v) is 4.71. The molecule has 1 fully saturated rings. The zero-order valence-corrected chi connectivity index (χ0v) is 13.0. The smallest absolute Gasteiger partial charge is 0.147 e. The average Bonchev–Trinajstić information content (AvgIpc) is 2.88. The van der Waals surface area contributed by atoms with Crippen molar-refractivity contribution in [2.45, 2.75) is 77.1 Å². The van der Waals surface area contributed by atoms with Crippen molar-refractivity contribution in [2.75, 3.05) is 0 Å². The highest BCUT2D eigenvalue weighted by molar-refractivity contribution is 6.16. The molecule has 0 spiro atoms. The van der Waals surface area contributed by atoms with Crippen molar-refractivity contribution in [3.63, 3.8) is 0 Å². The van der Waals surface area contributed by atoms with E-state index >= 15 is 0 Å². The lowest BCUT2D eigenvalue weighted by molar-refractivity contribution is 0.294. The Bertz CT molecular complexity index is 381. The molecule has 0 aliphatic heterocycles. The van der Waals surface area contributed by atoms with Crippen LogP contribution in [0.15, 0.2) is 0 Å². The molecule has 0 saturated heterocycles. The Balaban J connectivity index is 1.95. The molecule has 3 nitrogen and oxygen atoms in total. The summed E-state index contributed by atoms with van der Waals surface area (Å²) in [6.07, 6.45) is 9.38. The van der Waals surface area contributed by atoms with E-state index in [0.717, 1.165) is 18.3 Å². The van der Waals surface area contributed by atoms with Crippen LogP contribution in [0.1, 0.15) is 76.4 Å². The maximum atomic E-state index is 5.92. The van der Waals surface area contributed by atoms with Gasteiger partial charge in [-0.3, -0.25) is 0 Å². The summed E-state index contributed by atoms with van der Waals surface area (Å²) in [5.74, 6) is 4.11. The van der Waals surface area contributed by atoms with E-state index in [0.29, 0.717) is 11.8 Å². The predicted octanol–water partition coefficient (Wildman–Crippen LogP) is 4.50. The summed E-state index contributed by atoms with van der Waals surface area (Å²) in [5, 5.41) is 8.63. The quantitative estimate of drug-likeness (QED) is 0.720. The molecule has 19 heavy (non-hydrogen) atoms. The molecule has 1 heterocycles. The van der Waals surface area contributed by atoms with Gasteiger partial charge >= 0.3 is 0 Å². The van der Waals surface area contributed by atoms with Crippen molar-refractivity contribution >= 4 is 11.6 Å². The Hall–Kier alpha value is -0.570. The molecular formula is C15H26ClN3. The van der Waals surface area contributed by atoms with Gasteiger partial charge in [0.05, 0.1) is 5.88 Å². The summed E-state index contributed by atoms with van der Waals surface area (Å²) in [6.45, 7) is 5.36. The number of halogens is 1. The van der Waals surface area contributed by atoms with Crippen LogP contribution in [0, 0.1) is 5.92 Å². The van der Waals surface area contributed by atoms with Crippen molar-refractivity contribution in [3.05, 3.63) is 11.6 Å². The van der Waals surface area contributed by atoms with Crippen molar-refractivity contribution in [1.82, 2.24) is 14.8 Å². The Labute approximate surface area is 121 Å². The molecule has 108 valence electrons. The molecule has 1 aliphatic carbocycles. The number of alkyl halides is 1. The number of aromatic nitrogens is 3. The largest absolute Gasteiger partial charge is 0.314 e. The first-order valence-electron chi connectivity index (χ1n) is 7.78. The summed E-state index contributed by atoms with van der Waals surface area (Å²) in [5.41, 5.74) is 0. The molecule has 0 atom stereocenters. The summed E-state index contributed by atoms with van der Waals surface area (Å²) >= 11 is 5.92. The highest BCUT2D eigenvalue weighted by atomic mass is 35.5. The van der Waals surface area contributed by atoms with Crippen LogP contribution in [0.5, 0.6) is 0 Å². The molecule has 1 aromatic rings. The molecule has 1 aromatic heterocycles. The van der Waals surface area contributed by atoms with Gasteiger partial charge in [0.1, 0.15) is 11.6 Å². The summed E-state index contributed by atoms with van der Waals surface area (Å²) in [4.78, 5) is 0. The summed E-state index contributed by atoms with van der Waals surface area (Å²) < 4.78 is 2.21. The van der Waals surface area contributed by atoms with Crippen molar-refractivity contribution < 1.29 is 0 Å². The molecular weight excluding hydrogens is 258 g/mol. The van der Waals surface area contributed by atoms with E-state index in [2.05, 4.69) is 28.6 Å². The predicted molar refractivity (Wildman–Crippen MR) is 79.5 cm³/mol. The molecule has 0 N–H and O–H groups in total. The Morgan fingerprint density at radius 1 is 1.16 bits per heavy atom. The van der Waals surface area contributed by atoms with Crippen LogP contribution in [0.3, 0.4) is 0 Å². The molecule has 0 bridgehead atoms. The molecule has 0 amide bonds. The second kappa shape index (κ2) is 7.28. The van der Waals surface area contributed by atoms with Crippen LogP contribution in [-0.4, -0.2) is 14.8 Å². The standard InChI is InChI=1S/C15H26ClN3/c1-3-5-6-12-7-9-13(10-8-12)15-18-17-14(11-16)19(15)4-2/h12-13H,3-11H2,1-2H3. The first kappa shape index (κ1) is 14.8. The Morgan fingerprint density at radius 3 is 2.47 bits per heavy atom. The lowest BCUT2D eigenvalue weighted by atomic mass is 9.79. The third-order valence-electron chi connectivity index (χ3n) is 4.47. The second-order valence-corrected chi connectivity index (χ2v) is 5.98. The van der Waals surface area contributed by atoms with Gasteiger partial charge in [0, 0.05) is 12.5 Å². The first-order valence-corrected chi connectivity index (χ1v) is 8.31. The molecule has 0 radical (unpaired) electrons. The molecule has 0 unspecified atom stereocenters. The minimum atomic E-state index is 0.465. The summed E-state index contributed by atoms with van der Waals surface area (Å²) in [7, 11) is 0. The summed E-state index contributed by atoms with van der Waals surface area (Å²) in [6, 6.07) is 0. The van der Waals surface area contributed by atoms with Gasteiger partial charge in [0.25, 0.3) is 0 Å². The van der Waals surface area contributed by atoms with E-state index < -0.39 is 0 Å². The third kappa shape index (κ3) is 3.50. The van der Waals surface area contributed by atoms with E-state index in [1.165, 1.54) is 50.8 Å². The minimum Gasteiger partial charge on any atom is -0.314 e. The number of hydrogen-bond acceptors (Lipinski definition) is 2. The number of nitrogens with zero attached hydrogens (tertiary/aromatic N) is 3. The molecule has 1 saturated carbocycles. The normalized spacial score (nSPS) is 23.7. The maximum Gasteiger partial charge on any atom is 0.147 e. The van der Waals surface area contributed by atoms with E-state index in [-0.39, 0.29) is 0 Å². The minimum absolute atomic E-state index is 0.465. The maximum absolute atomic E-state index is 5.92. The average molecular weight is 284 g/mol. The van der Waals surface area contributed by atoms with Gasteiger partial charge in [-0.25, -0.2) is 0 Å². The van der Waals surface area contributed by atoms with Crippen LogP contribution < -0.4 is 0 Å². The fourth-order valence-electron chi connectivity index (χ4n) is 3.30. The Morgan fingerprint density at radius 2 is 1.89 bits per heavy atom. The van der Waals surface area contributed by atoms with Crippen LogP contribution in [0.4, 0.5) is 0 Å². The van der Waals surface area contributed by atoms with Crippen molar-refractivity contribution in [3.8, 4) is 0 Å². The van der Waals surface area contributed by atoms with Gasteiger partial charge in [-0.1, -0.05) is 26.2 Å². The van der Waals surface area contributed by atoms with Gasteiger partial charge in [-0.2, -0.15) is 0 Å². The number of rotatable bonds is 6. The van der Waals surface area contributed by atoms with Gasteiger partial charge in [0.15, 0.2) is 0 Å². The van der Waals surface area contributed by atoms with Gasteiger partial charge in [-0.05, 0) is 38.5 Å².